The first-order chi connectivity index (χ1) is 13.3. The van der Waals surface area contributed by atoms with Gasteiger partial charge in [0.1, 0.15) is 0 Å². The molecule has 0 spiro atoms. The molecule has 0 atom stereocenters. The van der Waals surface area contributed by atoms with Crippen LogP contribution in [0.15, 0.2) is 36.7 Å². The van der Waals surface area contributed by atoms with Crippen LogP contribution in [0.5, 0.6) is 5.75 Å². The average molecular weight is 363 g/mol. The normalized spacial score (nSPS) is 19.2. The van der Waals surface area contributed by atoms with Gasteiger partial charge in [0.2, 0.25) is 5.82 Å². The molecular formula is C24H30N2O. The molecule has 1 saturated carbocycles. The van der Waals surface area contributed by atoms with E-state index in [1.807, 2.05) is 0 Å². The minimum absolute atomic E-state index is 0.528. The van der Waals surface area contributed by atoms with Gasteiger partial charge in [-0.1, -0.05) is 44.7 Å². The second-order valence-electron chi connectivity index (χ2n) is 7.44. The molecule has 0 saturated heterocycles. The van der Waals surface area contributed by atoms with Crippen LogP contribution in [-0.2, 0) is 0 Å². The summed E-state index contributed by atoms with van der Waals surface area (Å²) in [6, 6.07) is 8.73. The Labute approximate surface area is 163 Å². The first kappa shape index (κ1) is 19.4. The number of ether oxygens (including phenoxy) is 1. The molecule has 0 bridgehead atoms. The number of nitrogens with zero attached hydrogens (tertiary/aromatic N) is 2. The van der Waals surface area contributed by atoms with E-state index < -0.39 is 0 Å². The molecule has 3 nitrogen and oxygen atoms in total. The summed E-state index contributed by atoms with van der Waals surface area (Å²) in [6.45, 7) is 5.16. The number of aromatic nitrogens is 2. The monoisotopic (exact) mass is 362 g/mol. The third-order valence-corrected chi connectivity index (χ3v) is 5.52. The van der Waals surface area contributed by atoms with Gasteiger partial charge in [-0.2, -0.15) is 0 Å². The Bertz CT molecular complexity index is 748. The van der Waals surface area contributed by atoms with Crippen LogP contribution in [0.1, 0.15) is 81.7 Å². The highest BCUT2D eigenvalue weighted by molar-refractivity contribution is 5.40. The Kier molecular flexibility index (Phi) is 7.27. The maximum absolute atomic E-state index is 5.58. The molecular weight excluding hydrogens is 332 g/mol. The van der Waals surface area contributed by atoms with Crippen LogP contribution in [0.25, 0.3) is 0 Å². The van der Waals surface area contributed by atoms with Crippen LogP contribution >= 0.6 is 0 Å². The third kappa shape index (κ3) is 5.82. The van der Waals surface area contributed by atoms with Gasteiger partial charge in [0, 0.05) is 5.56 Å². The quantitative estimate of drug-likeness (QED) is 0.485. The maximum atomic E-state index is 5.58. The fourth-order valence-electron chi connectivity index (χ4n) is 3.66. The van der Waals surface area contributed by atoms with Gasteiger partial charge in [0.05, 0.1) is 19.0 Å². The van der Waals surface area contributed by atoms with Crippen LogP contribution < -0.4 is 4.74 Å². The van der Waals surface area contributed by atoms with Gasteiger partial charge in [-0.15, -0.1) is 0 Å². The van der Waals surface area contributed by atoms with Gasteiger partial charge in [-0.3, -0.25) is 0 Å². The summed E-state index contributed by atoms with van der Waals surface area (Å²) in [7, 11) is 0. The number of unbranched alkanes of at least 4 members (excludes halogenated alkanes) is 1. The van der Waals surface area contributed by atoms with Gasteiger partial charge in [-0.05, 0) is 67.6 Å². The summed E-state index contributed by atoms with van der Waals surface area (Å²) in [5.41, 5.74) is 2.47. The molecule has 1 heterocycles. The lowest BCUT2D eigenvalue weighted by Crippen LogP contribution is -2.12. The van der Waals surface area contributed by atoms with E-state index in [0.29, 0.717) is 18.2 Å². The van der Waals surface area contributed by atoms with Crippen molar-refractivity contribution in [2.75, 3.05) is 6.61 Å². The van der Waals surface area contributed by atoms with Crippen molar-refractivity contribution in [2.45, 2.75) is 64.7 Å². The van der Waals surface area contributed by atoms with E-state index >= 15 is 0 Å². The topological polar surface area (TPSA) is 35.0 Å². The van der Waals surface area contributed by atoms with Crippen molar-refractivity contribution in [2.24, 2.45) is 5.92 Å². The smallest absolute Gasteiger partial charge is 0.205 e. The Morgan fingerprint density at radius 3 is 2.30 bits per heavy atom. The average Bonchev–Trinajstić information content (AvgIpc) is 2.74. The lowest BCUT2D eigenvalue weighted by Gasteiger charge is -2.28. The van der Waals surface area contributed by atoms with Crippen LogP contribution in [0.3, 0.4) is 0 Å². The first-order valence-corrected chi connectivity index (χ1v) is 10.3. The lowest BCUT2D eigenvalue weighted by molar-refractivity contribution is 0.307. The molecule has 0 aliphatic heterocycles. The Morgan fingerprint density at radius 1 is 0.963 bits per heavy atom. The fraction of sp³-hybridized carbons (Fsp3) is 0.500. The standard InChI is InChI=1S/C24H30N2O/c1-3-5-16-27-23-17-25-24(26-18-23)15-10-20-8-13-22(14-9-20)21-11-6-19(4-2)7-12-21/h8-9,13-14,17-19,21H,3-7,11-12,16H2,1-2H3. The van der Waals surface area contributed by atoms with E-state index in [1.54, 1.807) is 12.4 Å². The second kappa shape index (κ2) is 10.1. The molecule has 1 fully saturated rings. The molecule has 142 valence electrons. The van der Waals surface area contributed by atoms with Crippen LogP contribution in [0.4, 0.5) is 0 Å². The summed E-state index contributed by atoms with van der Waals surface area (Å²) in [5.74, 6) is 9.10. The Hall–Kier alpha value is -2.34. The Balaban J connectivity index is 1.56. The number of benzene rings is 1. The maximum Gasteiger partial charge on any atom is 0.205 e. The Morgan fingerprint density at radius 2 is 1.67 bits per heavy atom. The second-order valence-corrected chi connectivity index (χ2v) is 7.44. The molecule has 3 heteroatoms. The summed E-state index contributed by atoms with van der Waals surface area (Å²) < 4.78 is 5.58. The zero-order chi connectivity index (χ0) is 18.9. The van der Waals surface area contributed by atoms with Crippen molar-refractivity contribution in [3.63, 3.8) is 0 Å². The largest absolute Gasteiger partial charge is 0.490 e. The summed E-state index contributed by atoms with van der Waals surface area (Å²) in [6.07, 6.45) is 12.3. The van der Waals surface area contributed by atoms with Crippen molar-refractivity contribution < 1.29 is 4.74 Å². The van der Waals surface area contributed by atoms with E-state index in [2.05, 4.69) is 59.9 Å². The number of rotatable bonds is 6. The fourth-order valence-corrected chi connectivity index (χ4v) is 3.66. The van der Waals surface area contributed by atoms with Crippen molar-refractivity contribution in [3.8, 4) is 17.6 Å². The van der Waals surface area contributed by atoms with E-state index in [9.17, 15) is 0 Å². The third-order valence-electron chi connectivity index (χ3n) is 5.52. The molecule has 1 aromatic carbocycles. The highest BCUT2D eigenvalue weighted by atomic mass is 16.5. The van der Waals surface area contributed by atoms with Crippen molar-refractivity contribution >= 4 is 0 Å². The molecule has 3 rings (SSSR count). The molecule has 1 aliphatic rings. The van der Waals surface area contributed by atoms with E-state index in [-0.39, 0.29) is 0 Å². The molecule has 1 aromatic heterocycles. The first-order valence-electron chi connectivity index (χ1n) is 10.3. The van der Waals surface area contributed by atoms with Gasteiger partial charge >= 0.3 is 0 Å². The summed E-state index contributed by atoms with van der Waals surface area (Å²) in [4.78, 5) is 8.54. The molecule has 0 radical (unpaired) electrons. The highest BCUT2D eigenvalue weighted by Gasteiger charge is 2.20. The van der Waals surface area contributed by atoms with Crippen molar-refractivity contribution in [3.05, 3.63) is 53.6 Å². The molecule has 1 aliphatic carbocycles. The van der Waals surface area contributed by atoms with E-state index in [0.717, 1.165) is 30.2 Å². The number of hydrogen-bond donors (Lipinski definition) is 0. The van der Waals surface area contributed by atoms with Crippen LogP contribution in [0, 0.1) is 17.8 Å². The van der Waals surface area contributed by atoms with E-state index in [4.69, 9.17) is 4.74 Å². The van der Waals surface area contributed by atoms with Crippen LogP contribution in [-0.4, -0.2) is 16.6 Å². The number of hydrogen-bond acceptors (Lipinski definition) is 3. The minimum Gasteiger partial charge on any atom is -0.490 e. The van der Waals surface area contributed by atoms with Crippen molar-refractivity contribution in [1.29, 1.82) is 0 Å². The van der Waals surface area contributed by atoms with Gasteiger partial charge < -0.3 is 4.74 Å². The highest BCUT2D eigenvalue weighted by Crippen LogP contribution is 2.36. The van der Waals surface area contributed by atoms with Crippen LogP contribution in [0.2, 0.25) is 0 Å². The minimum atomic E-state index is 0.528. The molecule has 27 heavy (non-hydrogen) atoms. The summed E-state index contributed by atoms with van der Waals surface area (Å²) >= 11 is 0. The summed E-state index contributed by atoms with van der Waals surface area (Å²) in [5, 5.41) is 0. The van der Waals surface area contributed by atoms with E-state index in [1.165, 1.54) is 37.7 Å². The molecule has 2 aromatic rings. The molecule has 0 unspecified atom stereocenters. The van der Waals surface area contributed by atoms with Gasteiger partial charge in [0.25, 0.3) is 0 Å². The predicted molar refractivity (Wildman–Crippen MR) is 110 cm³/mol. The lowest BCUT2D eigenvalue weighted by atomic mass is 9.78. The van der Waals surface area contributed by atoms with Crippen molar-refractivity contribution in [1.82, 2.24) is 9.97 Å². The van der Waals surface area contributed by atoms with Gasteiger partial charge in [-0.25, -0.2) is 9.97 Å². The SMILES string of the molecule is CCCCOc1cnc(C#Cc2ccc(C3CCC(CC)CC3)cc2)nc1. The molecule has 0 amide bonds. The zero-order valence-corrected chi connectivity index (χ0v) is 16.6. The zero-order valence-electron chi connectivity index (χ0n) is 16.6. The predicted octanol–water partition coefficient (Wildman–Crippen LogP) is 5.74. The van der Waals surface area contributed by atoms with Gasteiger partial charge in [0.15, 0.2) is 5.75 Å². The molecule has 0 N–H and O–H groups in total.